The third-order valence-electron chi connectivity index (χ3n) is 2.70. The lowest BCUT2D eigenvalue weighted by atomic mass is 10.1. The van der Waals surface area contributed by atoms with Crippen LogP contribution in [-0.2, 0) is 11.2 Å². The topological polar surface area (TPSA) is 96.9 Å². The molecular weight excluding hydrogens is 240 g/mol. The summed E-state index contributed by atoms with van der Waals surface area (Å²) in [5, 5.41) is 3.64. The molecule has 0 bridgehead atoms. The Morgan fingerprint density at radius 3 is 2.95 bits per heavy atom. The van der Waals surface area contributed by atoms with E-state index in [0.717, 1.165) is 16.5 Å². The molecule has 0 aliphatic carbocycles. The van der Waals surface area contributed by atoms with Crippen molar-refractivity contribution < 1.29 is 4.79 Å². The summed E-state index contributed by atoms with van der Waals surface area (Å²) < 4.78 is 0. The molecule has 1 aromatic carbocycles. The zero-order valence-corrected chi connectivity index (χ0v) is 10.4. The van der Waals surface area contributed by atoms with Gasteiger partial charge in [0.15, 0.2) is 0 Å². The van der Waals surface area contributed by atoms with E-state index in [1.54, 1.807) is 6.08 Å². The van der Waals surface area contributed by atoms with E-state index in [9.17, 15) is 4.79 Å². The zero-order chi connectivity index (χ0) is 13.7. The molecule has 6 N–H and O–H groups in total. The molecule has 0 radical (unpaired) electrons. The number of hydrogen-bond donors (Lipinski definition) is 4. The second kappa shape index (κ2) is 5.77. The number of H-pyrrole nitrogens is 1. The lowest BCUT2D eigenvalue weighted by molar-refractivity contribution is -0.119. The van der Waals surface area contributed by atoms with Crippen molar-refractivity contribution in [3.05, 3.63) is 60.2 Å². The highest BCUT2D eigenvalue weighted by Crippen LogP contribution is 2.17. The number of allylic oxidation sites excluding steroid dienone is 2. The Labute approximate surface area is 111 Å². The highest BCUT2D eigenvalue weighted by Gasteiger charge is 2.08. The Morgan fingerprint density at radius 1 is 1.37 bits per heavy atom. The average molecular weight is 256 g/mol. The number of rotatable bonds is 4. The average Bonchev–Trinajstić information content (AvgIpc) is 2.80. The van der Waals surface area contributed by atoms with Gasteiger partial charge in [0, 0.05) is 17.1 Å². The molecule has 0 unspecified atom stereocenters. The fraction of sp³-hybridized carbons (Fsp3) is 0.0714. The van der Waals surface area contributed by atoms with E-state index < -0.39 is 0 Å². The lowest BCUT2D eigenvalue weighted by Crippen LogP contribution is -2.28. The van der Waals surface area contributed by atoms with Gasteiger partial charge in [-0.2, -0.15) is 0 Å². The van der Waals surface area contributed by atoms with E-state index in [4.69, 9.17) is 11.5 Å². The summed E-state index contributed by atoms with van der Waals surface area (Å²) in [6.07, 6.45) is 6.54. The smallest absolute Gasteiger partial charge is 0.229 e. The highest BCUT2D eigenvalue weighted by molar-refractivity contribution is 5.89. The monoisotopic (exact) mass is 256 g/mol. The Kier molecular flexibility index (Phi) is 3.87. The summed E-state index contributed by atoms with van der Waals surface area (Å²) >= 11 is 0. The van der Waals surface area contributed by atoms with Gasteiger partial charge >= 0.3 is 0 Å². The molecule has 0 aliphatic heterocycles. The van der Waals surface area contributed by atoms with Gasteiger partial charge in [0.05, 0.1) is 6.42 Å². The van der Waals surface area contributed by atoms with Crippen LogP contribution in [0.4, 0.5) is 0 Å². The van der Waals surface area contributed by atoms with Crippen molar-refractivity contribution in [2.24, 2.45) is 11.5 Å². The molecule has 1 aromatic heterocycles. The van der Waals surface area contributed by atoms with Crippen molar-refractivity contribution in [3.8, 4) is 0 Å². The highest BCUT2D eigenvalue weighted by atomic mass is 16.1. The van der Waals surface area contributed by atoms with Crippen LogP contribution in [0.15, 0.2) is 54.6 Å². The molecule has 0 aliphatic rings. The van der Waals surface area contributed by atoms with Crippen LogP contribution in [0.3, 0.4) is 0 Å². The number of para-hydroxylation sites is 1. The van der Waals surface area contributed by atoms with E-state index in [1.807, 2.05) is 30.5 Å². The van der Waals surface area contributed by atoms with Gasteiger partial charge in [0.1, 0.15) is 5.82 Å². The van der Waals surface area contributed by atoms with Gasteiger partial charge < -0.3 is 21.8 Å². The minimum Gasteiger partial charge on any atom is -0.405 e. The molecule has 0 saturated carbocycles. The van der Waals surface area contributed by atoms with Crippen LogP contribution in [0.25, 0.3) is 10.9 Å². The summed E-state index contributed by atoms with van der Waals surface area (Å²) in [4.78, 5) is 15.0. The zero-order valence-electron chi connectivity index (χ0n) is 10.4. The number of aromatic amines is 1. The minimum atomic E-state index is -0.163. The minimum absolute atomic E-state index is 0.163. The Balaban J connectivity index is 2.07. The molecule has 2 rings (SSSR count). The van der Waals surface area contributed by atoms with Crippen molar-refractivity contribution in [2.75, 3.05) is 0 Å². The molecule has 5 heteroatoms. The van der Waals surface area contributed by atoms with Crippen molar-refractivity contribution in [1.29, 1.82) is 0 Å². The SMILES string of the molecule is N/C=C\C=C(/N)NC(=O)Cc1c[nH]c2ccccc12. The number of nitrogens with two attached hydrogens (primary N) is 2. The van der Waals surface area contributed by atoms with Crippen LogP contribution in [0.1, 0.15) is 5.56 Å². The molecule has 2 aromatic rings. The van der Waals surface area contributed by atoms with E-state index in [2.05, 4.69) is 10.3 Å². The van der Waals surface area contributed by atoms with E-state index in [1.165, 1.54) is 12.3 Å². The predicted molar refractivity (Wildman–Crippen MR) is 75.7 cm³/mol. The second-order valence-corrected chi connectivity index (χ2v) is 4.09. The molecular formula is C14H16N4O. The quantitative estimate of drug-likeness (QED) is 0.617. The second-order valence-electron chi connectivity index (χ2n) is 4.09. The molecule has 0 fully saturated rings. The number of carbonyl (C=O) groups excluding carboxylic acids is 1. The molecule has 0 saturated heterocycles. The van der Waals surface area contributed by atoms with Crippen molar-refractivity contribution in [1.82, 2.24) is 10.3 Å². The summed E-state index contributed by atoms with van der Waals surface area (Å²) in [6.45, 7) is 0. The van der Waals surface area contributed by atoms with Crippen molar-refractivity contribution in [2.45, 2.75) is 6.42 Å². The third-order valence-corrected chi connectivity index (χ3v) is 2.70. The standard InChI is InChI=1S/C14H16N4O/c15-7-3-6-13(16)18-14(19)8-10-9-17-12-5-2-1-4-11(10)12/h1-7,9,17H,8,15-16H2,(H,18,19)/b7-3-,13-6+. The van der Waals surface area contributed by atoms with Crippen molar-refractivity contribution >= 4 is 16.8 Å². The first-order valence-electron chi connectivity index (χ1n) is 5.89. The maximum atomic E-state index is 11.8. The van der Waals surface area contributed by atoms with Gasteiger partial charge in [0.25, 0.3) is 0 Å². The van der Waals surface area contributed by atoms with Crippen LogP contribution in [0.5, 0.6) is 0 Å². The molecule has 0 atom stereocenters. The van der Waals surface area contributed by atoms with Crippen LogP contribution < -0.4 is 16.8 Å². The molecule has 98 valence electrons. The first kappa shape index (κ1) is 12.8. The van der Waals surface area contributed by atoms with Crippen LogP contribution in [0, 0.1) is 0 Å². The maximum absolute atomic E-state index is 11.8. The van der Waals surface area contributed by atoms with Crippen LogP contribution in [0.2, 0.25) is 0 Å². The van der Waals surface area contributed by atoms with Gasteiger partial charge in [-0.3, -0.25) is 4.79 Å². The van der Waals surface area contributed by atoms with Crippen LogP contribution >= 0.6 is 0 Å². The number of nitrogens with one attached hydrogen (secondary N) is 2. The number of aromatic nitrogens is 1. The number of amides is 1. The van der Waals surface area contributed by atoms with Gasteiger partial charge in [-0.1, -0.05) is 18.2 Å². The summed E-state index contributed by atoms with van der Waals surface area (Å²) in [6, 6.07) is 7.84. The number of benzene rings is 1. The molecule has 5 nitrogen and oxygen atoms in total. The van der Waals surface area contributed by atoms with Gasteiger partial charge in [0.2, 0.25) is 5.91 Å². The number of hydrogen-bond acceptors (Lipinski definition) is 3. The summed E-state index contributed by atoms with van der Waals surface area (Å²) in [5.74, 6) is 0.107. The molecule has 19 heavy (non-hydrogen) atoms. The van der Waals surface area contributed by atoms with E-state index in [0.29, 0.717) is 0 Å². The lowest BCUT2D eigenvalue weighted by Gasteiger charge is -2.03. The van der Waals surface area contributed by atoms with Gasteiger partial charge in [-0.15, -0.1) is 0 Å². The Morgan fingerprint density at radius 2 is 2.16 bits per heavy atom. The predicted octanol–water partition coefficient (Wildman–Crippen LogP) is 1.10. The fourth-order valence-corrected chi connectivity index (χ4v) is 1.86. The van der Waals surface area contributed by atoms with E-state index >= 15 is 0 Å². The molecule has 1 heterocycles. The fourth-order valence-electron chi connectivity index (χ4n) is 1.86. The number of carbonyl (C=O) groups is 1. The molecule has 0 spiro atoms. The first-order chi connectivity index (χ1) is 9.20. The van der Waals surface area contributed by atoms with Crippen molar-refractivity contribution in [3.63, 3.8) is 0 Å². The maximum Gasteiger partial charge on any atom is 0.229 e. The van der Waals surface area contributed by atoms with Gasteiger partial charge in [-0.25, -0.2) is 0 Å². The Bertz CT molecular complexity index is 640. The third kappa shape index (κ3) is 3.16. The Hall–Kier alpha value is -2.69. The summed E-state index contributed by atoms with van der Waals surface area (Å²) in [5.41, 5.74) is 12.8. The normalized spacial score (nSPS) is 12.1. The van der Waals surface area contributed by atoms with E-state index in [-0.39, 0.29) is 18.1 Å². The van der Waals surface area contributed by atoms with Crippen LogP contribution in [-0.4, -0.2) is 10.9 Å². The van der Waals surface area contributed by atoms with Gasteiger partial charge in [-0.05, 0) is 30.0 Å². The molecule has 1 amide bonds. The summed E-state index contributed by atoms with van der Waals surface area (Å²) in [7, 11) is 0. The first-order valence-corrected chi connectivity index (χ1v) is 5.89. The largest absolute Gasteiger partial charge is 0.405 e. The number of fused-ring (bicyclic) bond motifs is 1.